The highest BCUT2D eigenvalue weighted by Gasteiger charge is 2.12. The quantitative estimate of drug-likeness (QED) is 0.579. The van der Waals surface area contributed by atoms with E-state index in [4.69, 9.17) is 10.5 Å². The van der Waals surface area contributed by atoms with Gasteiger partial charge in [-0.3, -0.25) is 4.79 Å². The monoisotopic (exact) mass is 286 g/mol. The minimum absolute atomic E-state index is 0.181. The van der Waals surface area contributed by atoms with Gasteiger partial charge in [0.15, 0.2) is 5.75 Å². The Morgan fingerprint density at radius 1 is 1.24 bits per heavy atom. The number of nitrogens with one attached hydrogen (secondary N) is 1. The van der Waals surface area contributed by atoms with Crippen molar-refractivity contribution in [2.75, 3.05) is 19.4 Å². The third kappa shape index (κ3) is 3.66. The molecule has 0 heterocycles. The summed E-state index contributed by atoms with van der Waals surface area (Å²) in [7, 11) is 1.62. The van der Waals surface area contributed by atoms with E-state index in [9.17, 15) is 9.90 Å². The van der Waals surface area contributed by atoms with Gasteiger partial charge in [0.1, 0.15) is 5.75 Å². The molecule has 21 heavy (non-hydrogen) atoms. The van der Waals surface area contributed by atoms with Crippen LogP contribution in [0.1, 0.15) is 15.9 Å². The molecule has 0 aliphatic carbocycles. The van der Waals surface area contributed by atoms with Crippen molar-refractivity contribution in [1.82, 2.24) is 5.32 Å². The van der Waals surface area contributed by atoms with E-state index in [-0.39, 0.29) is 22.9 Å². The summed E-state index contributed by atoms with van der Waals surface area (Å²) in [5.41, 5.74) is 7.03. The highest BCUT2D eigenvalue weighted by Crippen LogP contribution is 2.24. The summed E-state index contributed by atoms with van der Waals surface area (Å²) in [6.07, 6.45) is 0.693. The molecule has 2 aromatic carbocycles. The molecule has 0 saturated heterocycles. The first-order valence-electron chi connectivity index (χ1n) is 6.60. The van der Waals surface area contributed by atoms with Gasteiger partial charge in [0.05, 0.1) is 18.4 Å². The highest BCUT2D eigenvalue weighted by atomic mass is 16.5. The Morgan fingerprint density at radius 3 is 2.62 bits per heavy atom. The lowest BCUT2D eigenvalue weighted by atomic mass is 10.1. The fraction of sp³-hybridized carbons (Fsp3) is 0.188. The zero-order valence-electron chi connectivity index (χ0n) is 11.8. The third-order valence-corrected chi connectivity index (χ3v) is 3.17. The molecule has 4 N–H and O–H groups in total. The second kappa shape index (κ2) is 6.65. The minimum atomic E-state index is -0.340. The summed E-state index contributed by atoms with van der Waals surface area (Å²) in [5, 5.41) is 12.5. The van der Waals surface area contributed by atoms with Crippen LogP contribution in [0.4, 0.5) is 5.69 Å². The van der Waals surface area contributed by atoms with Crippen LogP contribution < -0.4 is 15.8 Å². The second-order valence-corrected chi connectivity index (χ2v) is 4.60. The molecule has 2 rings (SSSR count). The number of para-hydroxylation sites is 1. The summed E-state index contributed by atoms with van der Waals surface area (Å²) < 4.78 is 5.08. The lowest BCUT2D eigenvalue weighted by Gasteiger charge is -2.08. The first kappa shape index (κ1) is 14.7. The van der Waals surface area contributed by atoms with E-state index in [1.165, 1.54) is 6.07 Å². The maximum Gasteiger partial charge on any atom is 0.255 e. The van der Waals surface area contributed by atoms with Crippen LogP contribution in [0.15, 0.2) is 42.5 Å². The number of phenols is 1. The Balaban J connectivity index is 1.90. The molecule has 0 aliphatic rings. The highest BCUT2D eigenvalue weighted by molar-refractivity contribution is 5.98. The minimum Gasteiger partial charge on any atom is -0.505 e. The summed E-state index contributed by atoms with van der Waals surface area (Å²) >= 11 is 0. The number of carbonyl (C=O) groups excluding carboxylic acids is 1. The molecular weight excluding hydrogens is 268 g/mol. The number of ether oxygens (including phenoxy) is 1. The molecule has 1 amide bonds. The summed E-state index contributed by atoms with van der Waals surface area (Å²) in [6, 6.07) is 12.4. The molecule has 0 radical (unpaired) electrons. The molecule has 5 heteroatoms. The van der Waals surface area contributed by atoms with Gasteiger partial charge in [0, 0.05) is 6.54 Å². The predicted molar refractivity (Wildman–Crippen MR) is 81.6 cm³/mol. The number of hydrogen-bond acceptors (Lipinski definition) is 4. The second-order valence-electron chi connectivity index (χ2n) is 4.60. The van der Waals surface area contributed by atoms with Crippen molar-refractivity contribution in [1.29, 1.82) is 0 Å². The Hall–Kier alpha value is -2.69. The lowest BCUT2D eigenvalue weighted by molar-refractivity contribution is 0.0951. The average Bonchev–Trinajstić information content (AvgIpc) is 2.50. The van der Waals surface area contributed by atoms with Crippen LogP contribution in [-0.2, 0) is 6.42 Å². The first-order valence-corrected chi connectivity index (χ1v) is 6.60. The number of nitrogens with two attached hydrogens (primary N) is 1. The number of nitrogen functional groups attached to an aromatic ring is 1. The predicted octanol–water partition coefficient (Wildman–Crippen LogP) is 1.96. The van der Waals surface area contributed by atoms with Gasteiger partial charge in [-0.15, -0.1) is 0 Å². The van der Waals surface area contributed by atoms with Crippen molar-refractivity contribution in [2.45, 2.75) is 6.42 Å². The molecule has 2 aromatic rings. The van der Waals surface area contributed by atoms with Gasteiger partial charge in [-0.2, -0.15) is 0 Å². The molecule has 0 aromatic heterocycles. The van der Waals surface area contributed by atoms with E-state index < -0.39 is 0 Å². The van der Waals surface area contributed by atoms with Crippen molar-refractivity contribution in [3.05, 3.63) is 53.6 Å². The standard InChI is InChI=1S/C16H18N2O3/c1-21-12-7-5-11(6-8-12)9-10-18-16(20)13-3-2-4-14(17)15(13)19/h2-8,19H,9-10,17H2,1H3,(H,18,20). The van der Waals surface area contributed by atoms with Gasteiger partial charge >= 0.3 is 0 Å². The first-order chi connectivity index (χ1) is 10.1. The maximum absolute atomic E-state index is 12.0. The summed E-state index contributed by atoms with van der Waals surface area (Å²) in [5.74, 6) is 0.278. The van der Waals surface area contributed by atoms with Gasteiger partial charge in [-0.1, -0.05) is 18.2 Å². The van der Waals surface area contributed by atoms with Crippen molar-refractivity contribution in [3.8, 4) is 11.5 Å². The number of rotatable bonds is 5. The maximum atomic E-state index is 12.0. The topological polar surface area (TPSA) is 84.6 Å². The largest absolute Gasteiger partial charge is 0.505 e. The Bertz CT molecular complexity index is 624. The van der Waals surface area contributed by atoms with Crippen molar-refractivity contribution in [2.24, 2.45) is 0 Å². The van der Waals surface area contributed by atoms with Crippen LogP contribution in [-0.4, -0.2) is 24.7 Å². The number of amides is 1. The fourth-order valence-electron chi connectivity index (χ4n) is 1.95. The SMILES string of the molecule is COc1ccc(CCNC(=O)c2cccc(N)c2O)cc1. The van der Waals surface area contributed by atoms with Crippen LogP contribution in [0.5, 0.6) is 11.5 Å². The number of carbonyl (C=O) groups is 1. The number of phenolic OH excluding ortho intramolecular Hbond substituents is 1. The Labute approximate surface area is 123 Å². The van der Waals surface area contributed by atoms with Crippen molar-refractivity contribution in [3.63, 3.8) is 0 Å². The smallest absolute Gasteiger partial charge is 0.255 e. The Kier molecular flexibility index (Phi) is 4.66. The molecule has 110 valence electrons. The molecule has 0 saturated carbocycles. The normalized spacial score (nSPS) is 10.1. The summed E-state index contributed by atoms with van der Waals surface area (Å²) in [6.45, 7) is 0.472. The van der Waals surface area contributed by atoms with Crippen LogP contribution in [0.25, 0.3) is 0 Å². The van der Waals surface area contributed by atoms with E-state index in [1.54, 1.807) is 19.2 Å². The van der Waals surface area contributed by atoms with Crippen LogP contribution in [0.3, 0.4) is 0 Å². The third-order valence-electron chi connectivity index (χ3n) is 3.17. The van der Waals surface area contributed by atoms with Gasteiger partial charge in [0.25, 0.3) is 5.91 Å². The van der Waals surface area contributed by atoms with E-state index in [1.807, 2.05) is 24.3 Å². The number of methoxy groups -OCH3 is 1. The Morgan fingerprint density at radius 2 is 1.95 bits per heavy atom. The summed E-state index contributed by atoms with van der Waals surface area (Å²) in [4.78, 5) is 12.0. The van der Waals surface area contributed by atoms with Gasteiger partial charge in [-0.05, 0) is 36.2 Å². The van der Waals surface area contributed by atoms with E-state index in [0.717, 1.165) is 11.3 Å². The average molecular weight is 286 g/mol. The van der Waals surface area contributed by atoms with Crippen molar-refractivity contribution >= 4 is 11.6 Å². The van der Waals surface area contributed by atoms with E-state index in [2.05, 4.69) is 5.32 Å². The van der Waals surface area contributed by atoms with Gasteiger partial charge in [0.2, 0.25) is 0 Å². The fourth-order valence-corrected chi connectivity index (χ4v) is 1.95. The molecule has 0 fully saturated rings. The molecule has 0 spiro atoms. The zero-order valence-corrected chi connectivity index (χ0v) is 11.8. The molecular formula is C16H18N2O3. The van der Waals surface area contributed by atoms with Crippen molar-refractivity contribution < 1.29 is 14.6 Å². The number of hydrogen-bond donors (Lipinski definition) is 3. The molecule has 0 bridgehead atoms. The van der Waals surface area contributed by atoms with Crippen LogP contribution in [0, 0.1) is 0 Å². The molecule has 0 unspecified atom stereocenters. The molecule has 5 nitrogen and oxygen atoms in total. The zero-order chi connectivity index (χ0) is 15.2. The number of benzene rings is 2. The van der Waals surface area contributed by atoms with E-state index in [0.29, 0.717) is 13.0 Å². The van der Waals surface area contributed by atoms with Crippen LogP contribution >= 0.6 is 0 Å². The number of aromatic hydroxyl groups is 1. The lowest BCUT2D eigenvalue weighted by Crippen LogP contribution is -2.25. The van der Waals surface area contributed by atoms with E-state index >= 15 is 0 Å². The van der Waals surface area contributed by atoms with Crippen LogP contribution in [0.2, 0.25) is 0 Å². The van der Waals surface area contributed by atoms with Gasteiger partial charge < -0.3 is 20.9 Å². The molecule has 0 atom stereocenters. The molecule has 0 aliphatic heterocycles. The van der Waals surface area contributed by atoms with Gasteiger partial charge in [-0.25, -0.2) is 0 Å². The number of anilines is 1.